The van der Waals surface area contributed by atoms with Crippen molar-refractivity contribution in [1.82, 2.24) is 10.3 Å². The van der Waals surface area contributed by atoms with Crippen LogP contribution in [0.4, 0.5) is 11.5 Å². The van der Waals surface area contributed by atoms with E-state index in [1.807, 2.05) is 0 Å². The fourth-order valence-electron chi connectivity index (χ4n) is 1.50. The molecule has 1 fully saturated rings. The van der Waals surface area contributed by atoms with Crippen LogP contribution in [0.5, 0.6) is 0 Å². The van der Waals surface area contributed by atoms with Gasteiger partial charge in [0.25, 0.3) is 0 Å². The molecule has 6 nitrogen and oxygen atoms in total. The van der Waals surface area contributed by atoms with Crippen LogP contribution in [0.1, 0.15) is 0 Å². The van der Waals surface area contributed by atoms with Gasteiger partial charge in [-0.2, -0.15) is 0 Å². The fraction of sp³-hybridized carbons (Fsp3) is 0.222. The van der Waals surface area contributed by atoms with Crippen molar-refractivity contribution in [3.8, 4) is 0 Å². The topological polar surface area (TPSA) is 88.3 Å². The highest BCUT2D eigenvalue weighted by molar-refractivity contribution is 9.10. The van der Waals surface area contributed by atoms with Gasteiger partial charge >= 0.3 is 0 Å². The number of carbonyl (C=O) groups is 2. The molecule has 16 heavy (non-hydrogen) atoms. The Kier molecular flexibility index (Phi) is 2.78. The SMILES string of the molecule is Nc1cc(Br)cnc1N1CC(=O)NC(=O)C1. The van der Waals surface area contributed by atoms with Gasteiger partial charge in [-0.1, -0.05) is 0 Å². The molecule has 84 valence electrons. The average molecular weight is 285 g/mol. The lowest BCUT2D eigenvalue weighted by molar-refractivity contribution is -0.130. The van der Waals surface area contributed by atoms with Crippen LogP contribution in [0.2, 0.25) is 0 Å². The van der Waals surface area contributed by atoms with Crippen LogP contribution in [0.25, 0.3) is 0 Å². The minimum atomic E-state index is -0.347. The minimum absolute atomic E-state index is 0.0879. The molecule has 0 unspecified atom stereocenters. The molecule has 3 N–H and O–H groups in total. The highest BCUT2D eigenvalue weighted by Crippen LogP contribution is 2.23. The van der Waals surface area contributed by atoms with Crippen LogP contribution in [0, 0.1) is 0 Å². The molecule has 0 aromatic carbocycles. The Hall–Kier alpha value is -1.63. The molecule has 0 spiro atoms. The van der Waals surface area contributed by atoms with E-state index >= 15 is 0 Å². The molecule has 0 aliphatic carbocycles. The van der Waals surface area contributed by atoms with Gasteiger partial charge < -0.3 is 10.6 Å². The summed E-state index contributed by atoms with van der Waals surface area (Å²) in [5.41, 5.74) is 6.19. The predicted molar refractivity (Wildman–Crippen MR) is 61.7 cm³/mol. The predicted octanol–water partition coefficient (Wildman–Crippen LogP) is -0.111. The number of hydrogen-bond donors (Lipinski definition) is 2. The van der Waals surface area contributed by atoms with Gasteiger partial charge in [-0.05, 0) is 22.0 Å². The van der Waals surface area contributed by atoms with Crippen molar-refractivity contribution < 1.29 is 9.59 Å². The molecule has 2 rings (SSSR count). The van der Waals surface area contributed by atoms with Crippen LogP contribution in [0.3, 0.4) is 0 Å². The van der Waals surface area contributed by atoms with Crippen LogP contribution in [0.15, 0.2) is 16.7 Å². The quantitative estimate of drug-likeness (QED) is 0.703. The van der Waals surface area contributed by atoms with E-state index in [1.54, 1.807) is 17.2 Å². The summed E-state index contributed by atoms with van der Waals surface area (Å²) in [6, 6.07) is 1.68. The molecule has 1 aromatic rings. The monoisotopic (exact) mass is 284 g/mol. The van der Waals surface area contributed by atoms with Crippen molar-refractivity contribution in [2.45, 2.75) is 0 Å². The second-order valence-corrected chi connectivity index (χ2v) is 4.31. The third kappa shape index (κ3) is 2.13. The zero-order valence-electron chi connectivity index (χ0n) is 8.24. The first-order valence-corrected chi connectivity index (χ1v) is 5.34. The van der Waals surface area contributed by atoms with Gasteiger partial charge in [-0.25, -0.2) is 4.98 Å². The van der Waals surface area contributed by atoms with E-state index in [-0.39, 0.29) is 24.9 Å². The number of imide groups is 1. The van der Waals surface area contributed by atoms with E-state index in [0.717, 1.165) is 4.47 Å². The number of nitrogen functional groups attached to an aromatic ring is 1. The number of pyridine rings is 1. The maximum atomic E-state index is 11.2. The molecular formula is C9H9BrN4O2. The molecule has 7 heteroatoms. The minimum Gasteiger partial charge on any atom is -0.396 e. The van der Waals surface area contributed by atoms with Gasteiger partial charge in [0, 0.05) is 10.7 Å². The number of rotatable bonds is 1. The summed E-state index contributed by atoms with van der Waals surface area (Å²) < 4.78 is 0.751. The number of nitrogens with one attached hydrogen (secondary N) is 1. The van der Waals surface area contributed by atoms with Crippen molar-refractivity contribution in [3.63, 3.8) is 0 Å². The van der Waals surface area contributed by atoms with Gasteiger partial charge in [-0.15, -0.1) is 0 Å². The summed E-state index contributed by atoms with van der Waals surface area (Å²) in [7, 11) is 0. The van der Waals surface area contributed by atoms with Crippen molar-refractivity contribution in [3.05, 3.63) is 16.7 Å². The van der Waals surface area contributed by atoms with Crippen molar-refractivity contribution in [2.24, 2.45) is 0 Å². The maximum absolute atomic E-state index is 11.2. The number of carbonyl (C=O) groups excluding carboxylic acids is 2. The van der Waals surface area contributed by atoms with Gasteiger partial charge in [0.2, 0.25) is 11.8 Å². The van der Waals surface area contributed by atoms with Crippen molar-refractivity contribution in [2.75, 3.05) is 23.7 Å². The third-order valence-electron chi connectivity index (χ3n) is 2.11. The number of piperazine rings is 1. The second-order valence-electron chi connectivity index (χ2n) is 3.39. The lowest BCUT2D eigenvalue weighted by atomic mass is 10.3. The largest absolute Gasteiger partial charge is 0.396 e. The second kappa shape index (κ2) is 4.09. The molecule has 1 aliphatic rings. The van der Waals surface area contributed by atoms with E-state index in [2.05, 4.69) is 26.2 Å². The molecule has 1 saturated heterocycles. The molecule has 0 radical (unpaired) electrons. The lowest BCUT2D eigenvalue weighted by Gasteiger charge is -2.27. The Bertz CT molecular complexity index is 447. The van der Waals surface area contributed by atoms with Crippen LogP contribution in [-0.2, 0) is 9.59 Å². The van der Waals surface area contributed by atoms with E-state index in [0.29, 0.717) is 11.5 Å². The Labute approximate surface area is 99.9 Å². The van der Waals surface area contributed by atoms with Gasteiger partial charge in [-0.3, -0.25) is 14.9 Å². The third-order valence-corrected chi connectivity index (χ3v) is 2.54. The normalized spacial score (nSPS) is 16.2. The summed E-state index contributed by atoms with van der Waals surface area (Å²) in [4.78, 5) is 28.0. The van der Waals surface area contributed by atoms with Crippen LogP contribution < -0.4 is 16.0 Å². The number of nitrogens with zero attached hydrogens (tertiary/aromatic N) is 2. The standard InChI is InChI=1S/C9H9BrN4O2/c10-5-1-6(11)9(12-2-5)14-3-7(15)13-8(16)4-14/h1-2H,3-4,11H2,(H,13,15,16). The summed E-state index contributed by atoms with van der Waals surface area (Å²) in [5, 5.41) is 2.21. The molecule has 1 aliphatic heterocycles. The maximum Gasteiger partial charge on any atom is 0.246 e. The Morgan fingerprint density at radius 2 is 2.00 bits per heavy atom. The molecule has 0 bridgehead atoms. The van der Waals surface area contributed by atoms with Crippen LogP contribution >= 0.6 is 15.9 Å². The number of nitrogens with two attached hydrogens (primary N) is 1. The average Bonchev–Trinajstić information content (AvgIpc) is 2.15. The molecule has 1 aromatic heterocycles. The van der Waals surface area contributed by atoms with Gasteiger partial charge in [0.15, 0.2) is 5.82 Å². The number of hydrogen-bond acceptors (Lipinski definition) is 5. The molecule has 2 heterocycles. The number of halogens is 1. The first kappa shape index (κ1) is 10.9. The summed E-state index contributed by atoms with van der Waals surface area (Å²) in [5.74, 6) is -0.243. The van der Waals surface area contributed by atoms with E-state index < -0.39 is 0 Å². The Morgan fingerprint density at radius 3 is 2.56 bits per heavy atom. The first-order valence-electron chi connectivity index (χ1n) is 4.55. The summed E-state index contributed by atoms with van der Waals surface area (Å²) in [6.07, 6.45) is 1.57. The Morgan fingerprint density at radius 1 is 1.38 bits per heavy atom. The van der Waals surface area contributed by atoms with Gasteiger partial charge in [0.1, 0.15) is 0 Å². The smallest absolute Gasteiger partial charge is 0.246 e. The highest BCUT2D eigenvalue weighted by Gasteiger charge is 2.24. The van der Waals surface area contributed by atoms with Gasteiger partial charge in [0.05, 0.1) is 18.8 Å². The lowest BCUT2D eigenvalue weighted by Crippen LogP contribution is -2.51. The van der Waals surface area contributed by atoms with Crippen molar-refractivity contribution in [1.29, 1.82) is 0 Å². The molecule has 2 amide bonds. The molecule has 0 saturated carbocycles. The number of aromatic nitrogens is 1. The van der Waals surface area contributed by atoms with E-state index in [1.165, 1.54) is 0 Å². The number of anilines is 2. The summed E-state index contributed by atoms with van der Waals surface area (Å²) >= 11 is 3.24. The highest BCUT2D eigenvalue weighted by atomic mass is 79.9. The van der Waals surface area contributed by atoms with E-state index in [9.17, 15) is 9.59 Å². The Balaban J connectivity index is 2.29. The summed E-state index contributed by atoms with van der Waals surface area (Å²) in [6.45, 7) is 0.176. The first-order chi connectivity index (χ1) is 7.56. The zero-order valence-corrected chi connectivity index (χ0v) is 9.82. The zero-order chi connectivity index (χ0) is 11.7. The van der Waals surface area contributed by atoms with Crippen LogP contribution in [-0.4, -0.2) is 29.9 Å². The fourth-order valence-corrected chi connectivity index (χ4v) is 1.85. The van der Waals surface area contributed by atoms with Crippen molar-refractivity contribution >= 4 is 39.2 Å². The molecular weight excluding hydrogens is 276 g/mol. The molecule has 0 atom stereocenters. The number of amides is 2. The van der Waals surface area contributed by atoms with E-state index in [4.69, 9.17) is 5.73 Å².